The van der Waals surface area contributed by atoms with Crippen LogP contribution in [0.2, 0.25) is 0 Å². The summed E-state index contributed by atoms with van der Waals surface area (Å²) in [6.45, 7) is 9.61. The number of fused-ring (bicyclic) bond motifs is 1. The number of aromatic nitrogens is 2. The predicted octanol–water partition coefficient (Wildman–Crippen LogP) is 3.04. The van der Waals surface area contributed by atoms with Gasteiger partial charge >= 0.3 is 0 Å². The van der Waals surface area contributed by atoms with Gasteiger partial charge in [0.25, 0.3) is 0 Å². The van der Waals surface area contributed by atoms with Crippen molar-refractivity contribution in [1.29, 1.82) is 0 Å². The van der Waals surface area contributed by atoms with Crippen molar-refractivity contribution in [2.24, 2.45) is 5.92 Å². The van der Waals surface area contributed by atoms with Crippen molar-refractivity contribution >= 4 is 44.4 Å². The van der Waals surface area contributed by atoms with Crippen LogP contribution in [0.4, 0.5) is 5.69 Å². The van der Waals surface area contributed by atoms with Crippen LogP contribution in [0, 0.1) is 12.8 Å². The highest BCUT2D eigenvalue weighted by Crippen LogP contribution is 2.24. The minimum Gasteiger partial charge on any atom is -0.365 e. The van der Waals surface area contributed by atoms with Crippen molar-refractivity contribution < 1.29 is 13.2 Å². The number of amides is 1. The van der Waals surface area contributed by atoms with Gasteiger partial charge in [0, 0.05) is 31.4 Å². The fourth-order valence-electron chi connectivity index (χ4n) is 4.25. The summed E-state index contributed by atoms with van der Waals surface area (Å²) in [4.78, 5) is 17.6. The average molecular weight is 488 g/mol. The summed E-state index contributed by atoms with van der Waals surface area (Å²) in [6.07, 6.45) is 0. The maximum Gasteiger partial charge on any atom is 0.243 e. The Morgan fingerprint density at radius 3 is 2.61 bits per heavy atom. The van der Waals surface area contributed by atoms with Crippen LogP contribution in [0.5, 0.6) is 0 Å². The van der Waals surface area contributed by atoms with Crippen LogP contribution >= 0.6 is 11.7 Å². The van der Waals surface area contributed by atoms with E-state index in [1.165, 1.54) is 11.6 Å². The van der Waals surface area contributed by atoms with Gasteiger partial charge in [0.05, 0.1) is 11.7 Å². The molecule has 10 heteroatoms. The van der Waals surface area contributed by atoms with Crippen LogP contribution in [0.3, 0.4) is 0 Å². The molecule has 2 heterocycles. The van der Waals surface area contributed by atoms with Crippen LogP contribution in [0.25, 0.3) is 11.0 Å². The minimum absolute atomic E-state index is 0.0461. The first-order valence-corrected chi connectivity index (χ1v) is 13.2. The lowest BCUT2D eigenvalue weighted by molar-refractivity contribution is -0.134. The number of hydrogen-bond donors (Lipinski definition) is 1. The van der Waals surface area contributed by atoms with Gasteiger partial charge in [-0.25, -0.2) is 8.42 Å². The lowest BCUT2D eigenvalue weighted by atomic mass is 10.0. The van der Waals surface area contributed by atoms with Crippen molar-refractivity contribution in [3.63, 3.8) is 0 Å². The van der Waals surface area contributed by atoms with Gasteiger partial charge in [-0.2, -0.15) is 13.5 Å². The first-order valence-electron chi connectivity index (χ1n) is 11.0. The number of nitrogens with one attached hydrogen (secondary N) is 1. The van der Waals surface area contributed by atoms with Gasteiger partial charge in [-0.15, -0.1) is 0 Å². The largest absolute Gasteiger partial charge is 0.365 e. The molecule has 1 N–H and O–H groups in total. The molecule has 0 saturated carbocycles. The molecule has 176 valence electrons. The number of rotatable bonds is 6. The fraction of sp³-hybridized carbons (Fsp3) is 0.435. The number of benzene rings is 2. The molecule has 0 radical (unpaired) electrons. The summed E-state index contributed by atoms with van der Waals surface area (Å²) in [5.74, 6) is -0.418. The second-order valence-corrected chi connectivity index (χ2v) is 11.1. The second-order valence-electron chi connectivity index (χ2n) is 8.90. The Kier molecular flexibility index (Phi) is 6.69. The highest BCUT2D eigenvalue weighted by atomic mass is 32.2. The smallest absolute Gasteiger partial charge is 0.243 e. The van der Waals surface area contributed by atoms with Gasteiger partial charge in [-0.05, 0) is 49.6 Å². The molecule has 2 atom stereocenters. The fourth-order valence-corrected chi connectivity index (χ4v) is 6.35. The first kappa shape index (κ1) is 23.6. The molecule has 1 aliphatic heterocycles. The first-order chi connectivity index (χ1) is 15.7. The van der Waals surface area contributed by atoms with E-state index in [1.54, 1.807) is 17.0 Å². The van der Waals surface area contributed by atoms with Crippen LogP contribution in [0.1, 0.15) is 26.3 Å². The van der Waals surface area contributed by atoms with E-state index in [2.05, 4.69) is 50.4 Å². The third-order valence-electron chi connectivity index (χ3n) is 6.03. The van der Waals surface area contributed by atoms with Gasteiger partial charge in [0.15, 0.2) is 0 Å². The normalized spacial score (nSPS) is 18.2. The lowest BCUT2D eigenvalue weighted by Crippen LogP contribution is -2.59. The Morgan fingerprint density at radius 1 is 1.15 bits per heavy atom. The second kappa shape index (κ2) is 9.36. The molecule has 1 aromatic heterocycles. The zero-order valence-electron chi connectivity index (χ0n) is 19.2. The van der Waals surface area contributed by atoms with Crippen molar-refractivity contribution in [3.05, 3.63) is 48.0 Å². The summed E-state index contributed by atoms with van der Waals surface area (Å²) in [5.41, 5.74) is 3.18. The third-order valence-corrected chi connectivity index (χ3v) is 8.04. The van der Waals surface area contributed by atoms with E-state index < -0.39 is 16.1 Å². The van der Waals surface area contributed by atoms with E-state index in [0.717, 1.165) is 17.4 Å². The zero-order valence-corrected chi connectivity index (χ0v) is 20.9. The minimum atomic E-state index is -3.96. The molecule has 0 unspecified atom stereocenters. The number of anilines is 1. The Labute approximate surface area is 199 Å². The van der Waals surface area contributed by atoms with Crippen molar-refractivity contribution in [2.45, 2.75) is 44.7 Å². The predicted molar refractivity (Wildman–Crippen MR) is 131 cm³/mol. The number of piperazine rings is 1. The van der Waals surface area contributed by atoms with E-state index >= 15 is 0 Å². The maximum atomic E-state index is 13.5. The summed E-state index contributed by atoms with van der Waals surface area (Å²) in [7, 11) is -3.96. The standard InChI is InChI=1S/C23H29N5O3S2/c1-15(2)21(26-33(30,31)20-10-6-9-19-22(20)25-32-24-19)23(29)27-11-12-28(17(4)14-27)18-8-5-7-16(3)13-18/h5-10,13,15,17,21,26H,11-12,14H2,1-4H3/t17-,21+/m0/s1. The Hall–Kier alpha value is -2.56. The van der Waals surface area contributed by atoms with Gasteiger partial charge in [0.2, 0.25) is 15.9 Å². The molecular formula is C23H29N5O3S2. The van der Waals surface area contributed by atoms with Gasteiger partial charge < -0.3 is 9.80 Å². The molecule has 2 aromatic carbocycles. The van der Waals surface area contributed by atoms with Gasteiger partial charge in [-0.3, -0.25) is 4.79 Å². The number of carbonyl (C=O) groups is 1. The SMILES string of the molecule is Cc1cccc(N2CCN(C(=O)[C@H](NS(=O)(=O)c3cccc4nsnc34)C(C)C)C[C@@H]2C)c1. The Morgan fingerprint density at radius 2 is 1.91 bits per heavy atom. The quantitative estimate of drug-likeness (QED) is 0.574. The molecule has 4 rings (SSSR count). The molecule has 1 amide bonds. The van der Waals surface area contributed by atoms with Crippen molar-refractivity contribution in [2.75, 3.05) is 24.5 Å². The summed E-state index contributed by atoms with van der Waals surface area (Å²) in [5, 5.41) is 0. The summed E-state index contributed by atoms with van der Waals surface area (Å²) >= 11 is 0.965. The summed E-state index contributed by atoms with van der Waals surface area (Å²) in [6, 6.07) is 12.4. The number of hydrogen-bond acceptors (Lipinski definition) is 7. The maximum absolute atomic E-state index is 13.5. The van der Waals surface area contributed by atoms with Crippen LogP contribution in [0.15, 0.2) is 47.4 Å². The van der Waals surface area contributed by atoms with Gasteiger partial charge in [-0.1, -0.05) is 32.0 Å². The summed E-state index contributed by atoms with van der Waals surface area (Å²) < 4.78 is 37.4. The van der Waals surface area contributed by atoms with Crippen LogP contribution < -0.4 is 9.62 Å². The average Bonchev–Trinajstić information content (AvgIpc) is 3.25. The molecule has 1 saturated heterocycles. The van der Waals surface area contributed by atoms with Crippen molar-refractivity contribution in [1.82, 2.24) is 18.4 Å². The number of sulfonamides is 1. The topological polar surface area (TPSA) is 95.5 Å². The third kappa shape index (κ3) is 4.87. The Bertz CT molecular complexity index is 1260. The molecular weight excluding hydrogens is 458 g/mol. The highest BCUT2D eigenvalue weighted by Gasteiger charge is 2.35. The molecule has 33 heavy (non-hydrogen) atoms. The van der Waals surface area contributed by atoms with Crippen molar-refractivity contribution in [3.8, 4) is 0 Å². The Balaban J connectivity index is 1.52. The number of carbonyl (C=O) groups excluding carboxylic acids is 1. The van der Waals surface area contributed by atoms with E-state index in [0.29, 0.717) is 30.7 Å². The lowest BCUT2D eigenvalue weighted by Gasteiger charge is -2.42. The van der Waals surface area contributed by atoms with E-state index in [-0.39, 0.29) is 22.8 Å². The van der Waals surface area contributed by atoms with E-state index in [4.69, 9.17) is 0 Å². The van der Waals surface area contributed by atoms with E-state index in [9.17, 15) is 13.2 Å². The molecule has 1 fully saturated rings. The molecule has 3 aromatic rings. The molecule has 1 aliphatic rings. The van der Waals surface area contributed by atoms with Gasteiger partial charge in [0.1, 0.15) is 22.0 Å². The van der Waals surface area contributed by atoms with Crippen LogP contribution in [-0.2, 0) is 14.8 Å². The molecule has 0 spiro atoms. The van der Waals surface area contributed by atoms with E-state index in [1.807, 2.05) is 19.9 Å². The van der Waals surface area contributed by atoms with Crippen LogP contribution in [-0.4, -0.2) is 59.7 Å². The molecule has 0 bridgehead atoms. The highest BCUT2D eigenvalue weighted by molar-refractivity contribution is 7.89. The molecule has 8 nitrogen and oxygen atoms in total. The molecule has 0 aliphatic carbocycles. The monoisotopic (exact) mass is 487 g/mol. The number of nitrogens with zero attached hydrogens (tertiary/aromatic N) is 4. The zero-order chi connectivity index (χ0) is 23.8. The number of aryl methyl sites for hydroxylation is 1.